The molecule has 3 heteroatoms. The monoisotopic (exact) mass is 279 g/mol. The van der Waals surface area contributed by atoms with E-state index in [2.05, 4.69) is 4.99 Å². The summed E-state index contributed by atoms with van der Waals surface area (Å²) in [6.45, 7) is 3.78. The first-order chi connectivity index (χ1) is 10.00. The van der Waals surface area contributed by atoms with E-state index in [4.69, 9.17) is 0 Å². The van der Waals surface area contributed by atoms with Gasteiger partial charge in [0.1, 0.15) is 0 Å². The fourth-order valence-corrected chi connectivity index (χ4v) is 3.80. The van der Waals surface area contributed by atoms with E-state index < -0.39 is 11.3 Å². The van der Waals surface area contributed by atoms with Crippen molar-refractivity contribution in [3.8, 4) is 11.1 Å². The molecule has 0 amide bonds. The molecule has 3 nitrogen and oxygen atoms in total. The maximum atomic E-state index is 11.4. The third-order valence-electron chi connectivity index (χ3n) is 5.05. The molecule has 0 unspecified atom stereocenters. The van der Waals surface area contributed by atoms with Crippen molar-refractivity contribution < 1.29 is 10.2 Å². The lowest BCUT2D eigenvalue weighted by Crippen LogP contribution is -2.51. The quantitative estimate of drug-likeness (QED) is 0.779. The fourth-order valence-electron chi connectivity index (χ4n) is 3.80. The zero-order chi connectivity index (χ0) is 14.8. The molecule has 106 valence electrons. The van der Waals surface area contributed by atoms with Gasteiger partial charge in [-0.3, -0.25) is 4.99 Å². The van der Waals surface area contributed by atoms with E-state index >= 15 is 0 Å². The van der Waals surface area contributed by atoms with Crippen LogP contribution in [-0.2, 0) is 11.3 Å². The van der Waals surface area contributed by atoms with Gasteiger partial charge in [-0.25, -0.2) is 0 Å². The zero-order valence-electron chi connectivity index (χ0n) is 12.0. The Morgan fingerprint density at radius 3 is 2.10 bits per heavy atom. The lowest BCUT2D eigenvalue weighted by Gasteiger charge is -2.45. The predicted molar refractivity (Wildman–Crippen MR) is 81.9 cm³/mol. The molecule has 0 saturated carbocycles. The molecule has 21 heavy (non-hydrogen) atoms. The molecule has 3 atom stereocenters. The first-order valence-electron chi connectivity index (χ1n) is 7.20. The fraction of sp³-hybridized carbons (Fsp3) is 0.278. The van der Waals surface area contributed by atoms with Crippen LogP contribution < -0.4 is 0 Å². The van der Waals surface area contributed by atoms with E-state index in [9.17, 15) is 10.2 Å². The van der Waals surface area contributed by atoms with Gasteiger partial charge in [-0.15, -0.1) is 0 Å². The summed E-state index contributed by atoms with van der Waals surface area (Å²) in [5.41, 5.74) is 1.08. The molecule has 4 rings (SSSR count). The summed E-state index contributed by atoms with van der Waals surface area (Å²) < 4.78 is 0. The molecule has 0 saturated heterocycles. The molecular weight excluding hydrogens is 262 g/mol. The van der Waals surface area contributed by atoms with Crippen molar-refractivity contribution in [2.75, 3.05) is 0 Å². The number of fused-ring (bicyclic) bond motifs is 6. The third-order valence-corrected chi connectivity index (χ3v) is 5.05. The van der Waals surface area contributed by atoms with Gasteiger partial charge < -0.3 is 10.2 Å². The molecule has 2 aromatic carbocycles. The molecule has 2 aromatic rings. The van der Waals surface area contributed by atoms with Crippen LogP contribution in [0.2, 0.25) is 0 Å². The van der Waals surface area contributed by atoms with Crippen molar-refractivity contribution in [2.45, 2.75) is 25.2 Å². The number of aliphatic imine (C=N–C) groups is 1. The van der Waals surface area contributed by atoms with Gasteiger partial charge in [0, 0.05) is 17.2 Å². The highest BCUT2D eigenvalue weighted by atomic mass is 16.4. The Hall–Kier alpha value is -1.97. The smallest absolute Gasteiger partial charge is 0.216 e. The maximum absolute atomic E-state index is 11.4. The van der Waals surface area contributed by atoms with E-state index in [1.807, 2.05) is 62.4 Å². The second-order valence-corrected chi connectivity index (χ2v) is 6.00. The van der Waals surface area contributed by atoms with Crippen molar-refractivity contribution in [2.24, 2.45) is 10.9 Å². The molecule has 1 heterocycles. The Morgan fingerprint density at radius 2 is 1.43 bits per heavy atom. The van der Waals surface area contributed by atoms with Crippen molar-refractivity contribution in [1.29, 1.82) is 0 Å². The Balaban J connectivity index is 2.17. The molecule has 1 aliphatic carbocycles. The van der Waals surface area contributed by atoms with Crippen LogP contribution >= 0.6 is 0 Å². The van der Waals surface area contributed by atoms with E-state index in [0.29, 0.717) is 5.56 Å². The molecule has 0 spiro atoms. The van der Waals surface area contributed by atoms with Crippen LogP contribution in [0.25, 0.3) is 11.1 Å². The van der Waals surface area contributed by atoms with E-state index in [-0.39, 0.29) is 5.92 Å². The summed E-state index contributed by atoms with van der Waals surface area (Å²) in [7, 11) is 0. The number of benzene rings is 2. The van der Waals surface area contributed by atoms with Crippen LogP contribution in [0.15, 0.2) is 53.5 Å². The van der Waals surface area contributed by atoms with Gasteiger partial charge in [0.15, 0.2) is 5.60 Å². The van der Waals surface area contributed by atoms with Crippen LogP contribution in [0.4, 0.5) is 0 Å². The highest BCUT2D eigenvalue weighted by molar-refractivity contribution is 5.91. The van der Waals surface area contributed by atoms with Crippen LogP contribution in [0.5, 0.6) is 0 Å². The first kappa shape index (κ1) is 12.7. The lowest BCUT2D eigenvalue weighted by molar-refractivity contribution is -0.165. The number of hydrogen-bond acceptors (Lipinski definition) is 3. The summed E-state index contributed by atoms with van der Waals surface area (Å²) in [6, 6.07) is 15.4. The molecule has 0 fully saturated rings. The highest BCUT2D eigenvalue weighted by Crippen LogP contribution is 2.58. The predicted octanol–water partition coefficient (Wildman–Crippen LogP) is 2.81. The minimum absolute atomic E-state index is 0.239. The second-order valence-electron chi connectivity index (χ2n) is 6.00. The van der Waals surface area contributed by atoms with Gasteiger partial charge in [-0.05, 0) is 23.6 Å². The van der Waals surface area contributed by atoms with Crippen LogP contribution in [0.3, 0.4) is 0 Å². The average Bonchev–Trinajstić information content (AvgIpc) is 2.69. The van der Waals surface area contributed by atoms with E-state index in [1.165, 1.54) is 0 Å². The van der Waals surface area contributed by atoms with Crippen molar-refractivity contribution in [3.63, 3.8) is 0 Å². The van der Waals surface area contributed by atoms with Crippen LogP contribution in [0.1, 0.15) is 25.0 Å². The number of hydrogen-bond donors (Lipinski definition) is 2. The number of aliphatic hydroxyl groups is 2. The molecule has 2 N–H and O–H groups in total. The van der Waals surface area contributed by atoms with Gasteiger partial charge >= 0.3 is 0 Å². The van der Waals surface area contributed by atoms with Gasteiger partial charge in [0.25, 0.3) is 0 Å². The van der Waals surface area contributed by atoms with Crippen molar-refractivity contribution >= 4 is 5.71 Å². The Labute approximate surface area is 123 Å². The Morgan fingerprint density at radius 1 is 0.905 bits per heavy atom. The van der Waals surface area contributed by atoms with E-state index in [0.717, 1.165) is 22.4 Å². The van der Waals surface area contributed by atoms with Crippen molar-refractivity contribution in [1.82, 2.24) is 0 Å². The molecule has 1 aliphatic heterocycles. The summed E-state index contributed by atoms with van der Waals surface area (Å²) in [5, 5.41) is 22.7. The summed E-state index contributed by atoms with van der Waals surface area (Å²) in [4.78, 5) is 4.46. The van der Waals surface area contributed by atoms with Gasteiger partial charge in [-0.2, -0.15) is 0 Å². The number of rotatable bonds is 0. The molecular formula is C18H17NO2. The third kappa shape index (κ3) is 1.29. The first-order valence-corrected chi connectivity index (χ1v) is 7.20. The normalized spacial score (nSPS) is 33.0. The van der Waals surface area contributed by atoms with Crippen LogP contribution in [0, 0.1) is 5.92 Å². The lowest BCUT2D eigenvalue weighted by atomic mass is 9.66. The van der Waals surface area contributed by atoms with Crippen LogP contribution in [-0.4, -0.2) is 15.9 Å². The minimum Gasteiger partial charge on any atom is -0.379 e. The summed E-state index contributed by atoms with van der Waals surface area (Å²) >= 11 is 0. The molecule has 0 aromatic heterocycles. The van der Waals surface area contributed by atoms with Crippen molar-refractivity contribution in [3.05, 3.63) is 59.7 Å². The van der Waals surface area contributed by atoms with E-state index in [1.54, 1.807) is 0 Å². The minimum atomic E-state index is -1.61. The Kier molecular flexibility index (Phi) is 2.31. The Bertz CT molecular complexity index is 782. The molecule has 0 bridgehead atoms. The second kappa shape index (κ2) is 3.81. The van der Waals surface area contributed by atoms with Gasteiger partial charge in [-0.1, -0.05) is 55.5 Å². The van der Waals surface area contributed by atoms with Gasteiger partial charge in [0.2, 0.25) is 5.72 Å². The average molecular weight is 279 g/mol. The molecule has 2 aliphatic rings. The zero-order valence-corrected chi connectivity index (χ0v) is 12.0. The van der Waals surface area contributed by atoms with Gasteiger partial charge in [0.05, 0.1) is 0 Å². The highest BCUT2D eigenvalue weighted by Gasteiger charge is 2.63. The maximum Gasteiger partial charge on any atom is 0.216 e. The summed E-state index contributed by atoms with van der Waals surface area (Å²) in [5.74, 6) is -0.239. The number of nitrogens with zero attached hydrogens (tertiary/aromatic N) is 1. The molecule has 0 radical (unpaired) electrons. The standard InChI is InChI=1S/C18H17NO2/c1-11-12(2)19-18(21)16-10-6-4-8-14(16)13-7-3-5-9-15(13)17(11,18)20/h3-11,20-21H,1-2H3/t11-,17-,18+/m1/s1. The topological polar surface area (TPSA) is 52.8 Å². The largest absolute Gasteiger partial charge is 0.379 e. The summed E-state index contributed by atoms with van der Waals surface area (Å²) in [6.07, 6.45) is 0. The SMILES string of the molecule is CC1=N[C@]2(O)c3ccccc3-c3ccccc3[C@]2(O)[C@@H]1C.